The molecule has 0 atom stereocenters. The first-order valence-corrected chi connectivity index (χ1v) is 9.80. The summed E-state index contributed by atoms with van der Waals surface area (Å²) >= 11 is 1.08. The summed E-state index contributed by atoms with van der Waals surface area (Å²) in [7, 11) is 1.27. The van der Waals surface area contributed by atoms with Gasteiger partial charge in [0.2, 0.25) is 0 Å². The van der Waals surface area contributed by atoms with E-state index in [9.17, 15) is 24.1 Å². The van der Waals surface area contributed by atoms with Crippen LogP contribution in [-0.2, 0) is 16.1 Å². The molecule has 1 amide bonds. The fourth-order valence-electron chi connectivity index (χ4n) is 2.54. The van der Waals surface area contributed by atoms with E-state index in [2.05, 4.69) is 20.3 Å². The Labute approximate surface area is 179 Å². The third-order valence-corrected chi connectivity index (χ3v) is 4.98. The maximum atomic E-state index is 13.3. The standard InChI is InChI=1S/C19H16FN5O5S/c1-30-17(26)11-31-19-23-22-16(24(19)14-8-4-13(20)5-9-14)10-21-18(27)12-2-6-15(7-3-12)25(28)29/h2-9H,10-11H2,1H3,(H,21,27). The monoisotopic (exact) mass is 445 g/mol. The highest BCUT2D eigenvalue weighted by Gasteiger charge is 2.17. The van der Waals surface area contributed by atoms with Crippen LogP contribution in [0.4, 0.5) is 10.1 Å². The number of carbonyl (C=O) groups excluding carboxylic acids is 2. The van der Waals surface area contributed by atoms with Gasteiger partial charge >= 0.3 is 5.97 Å². The van der Waals surface area contributed by atoms with Gasteiger partial charge in [-0.2, -0.15) is 0 Å². The number of esters is 1. The molecule has 1 N–H and O–H groups in total. The smallest absolute Gasteiger partial charge is 0.316 e. The van der Waals surface area contributed by atoms with E-state index in [0.29, 0.717) is 16.7 Å². The maximum absolute atomic E-state index is 13.3. The molecule has 10 nitrogen and oxygen atoms in total. The van der Waals surface area contributed by atoms with Crippen LogP contribution in [-0.4, -0.2) is 44.4 Å². The largest absolute Gasteiger partial charge is 0.468 e. The number of hydrogen-bond acceptors (Lipinski definition) is 8. The van der Waals surface area contributed by atoms with Crippen LogP contribution in [0.3, 0.4) is 0 Å². The van der Waals surface area contributed by atoms with Crippen molar-refractivity contribution in [2.45, 2.75) is 11.7 Å². The number of non-ortho nitro benzene ring substituents is 1. The predicted molar refractivity (Wildman–Crippen MR) is 108 cm³/mol. The highest BCUT2D eigenvalue weighted by Crippen LogP contribution is 2.22. The Morgan fingerprint density at radius 3 is 2.45 bits per heavy atom. The van der Waals surface area contributed by atoms with Crippen molar-refractivity contribution in [3.63, 3.8) is 0 Å². The molecule has 2 aromatic carbocycles. The lowest BCUT2D eigenvalue weighted by atomic mass is 10.2. The highest BCUT2D eigenvalue weighted by molar-refractivity contribution is 7.99. The van der Waals surface area contributed by atoms with E-state index in [0.717, 1.165) is 11.8 Å². The van der Waals surface area contributed by atoms with E-state index >= 15 is 0 Å². The number of hydrogen-bond donors (Lipinski definition) is 1. The predicted octanol–water partition coefficient (Wildman–Crippen LogP) is 2.51. The third kappa shape index (κ3) is 5.42. The minimum atomic E-state index is -0.555. The molecule has 1 aromatic heterocycles. The van der Waals surface area contributed by atoms with E-state index in [1.807, 2.05) is 0 Å². The Balaban J connectivity index is 1.80. The number of benzene rings is 2. The Morgan fingerprint density at radius 2 is 1.84 bits per heavy atom. The number of rotatable bonds is 8. The van der Waals surface area contributed by atoms with Gasteiger partial charge in [-0.3, -0.25) is 24.3 Å². The van der Waals surface area contributed by atoms with Gasteiger partial charge in [0.05, 0.1) is 24.3 Å². The second kappa shape index (κ2) is 9.80. The van der Waals surface area contributed by atoms with Crippen molar-refractivity contribution in [2.75, 3.05) is 12.9 Å². The molecule has 0 saturated carbocycles. The molecule has 0 aliphatic rings. The van der Waals surface area contributed by atoms with Crippen LogP contribution in [0.2, 0.25) is 0 Å². The van der Waals surface area contributed by atoms with Crippen molar-refractivity contribution in [3.8, 4) is 5.69 Å². The first kappa shape index (κ1) is 21.9. The number of nitrogens with one attached hydrogen (secondary N) is 1. The molecule has 12 heteroatoms. The number of ether oxygens (including phenoxy) is 1. The van der Waals surface area contributed by atoms with E-state index in [1.165, 1.54) is 55.6 Å². The molecule has 3 aromatic rings. The molecule has 160 valence electrons. The molecule has 0 aliphatic carbocycles. The number of halogens is 1. The lowest BCUT2D eigenvalue weighted by Gasteiger charge is -2.11. The summed E-state index contributed by atoms with van der Waals surface area (Å²) in [5, 5.41) is 21.9. The van der Waals surface area contributed by atoms with Crippen LogP contribution < -0.4 is 5.32 Å². The number of nitrogens with zero attached hydrogens (tertiary/aromatic N) is 4. The number of nitro groups is 1. The normalized spacial score (nSPS) is 10.5. The molecule has 3 rings (SSSR count). The molecule has 0 radical (unpaired) electrons. The lowest BCUT2D eigenvalue weighted by molar-refractivity contribution is -0.384. The minimum Gasteiger partial charge on any atom is -0.468 e. The van der Waals surface area contributed by atoms with Crippen LogP contribution in [0.25, 0.3) is 5.69 Å². The third-order valence-electron chi connectivity index (χ3n) is 4.08. The van der Waals surface area contributed by atoms with Gasteiger partial charge in [0.1, 0.15) is 5.82 Å². The number of methoxy groups -OCH3 is 1. The first-order valence-electron chi connectivity index (χ1n) is 8.81. The Bertz CT molecular complexity index is 1100. The average Bonchev–Trinajstić information content (AvgIpc) is 3.19. The number of aromatic nitrogens is 3. The van der Waals surface area contributed by atoms with Crippen molar-refractivity contribution in [1.29, 1.82) is 0 Å². The fraction of sp³-hybridized carbons (Fsp3) is 0.158. The van der Waals surface area contributed by atoms with Gasteiger partial charge in [-0.15, -0.1) is 10.2 Å². The van der Waals surface area contributed by atoms with Gasteiger partial charge in [-0.25, -0.2) is 4.39 Å². The topological polar surface area (TPSA) is 129 Å². The van der Waals surface area contributed by atoms with Crippen LogP contribution in [0, 0.1) is 15.9 Å². The Hall–Kier alpha value is -3.80. The molecular formula is C19H16FN5O5S. The molecule has 0 fully saturated rings. The number of thioether (sulfide) groups is 1. The van der Waals surface area contributed by atoms with Crippen LogP contribution in [0.5, 0.6) is 0 Å². The van der Waals surface area contributed by atoms with Crippen molar-refractivity contribution < 1.29 is 23.6 Å². The molecule has 31 heavy (non-hydrogen) atoms. The fourth-order valence-corrected chi connectivity index (χ4v) is 3.34. The van der Waals surface area contributed by atoms with E-state index in [1.54, 1.807) is 4.57 Å². The van der Waals surface area contributed by atoms with Gasteiger partial charge in [0, 0.05) is 23.4 Å². The van der Waals surface area contributed by atoms with Gasteiger partial charge in [0.25, 0.3) is 11.6 Å². The number of nitro benzene ring substituents is 1. The maximum Gasteiger partial charge on any atom is 0.316 e. The van der Waals surface area contributed by atoms with Crippen molar-refractivity contribution >= 4 is 29.3 Å². The quantitative estimate of drug-likeness (QED) is 0.242. The molecule has 0 bridgehead atoms. The second-order valence-electron chi connectivity index (χ2n) is 6.06. The van der Waals surface area contributed by atoms with Gasteiger partial charge in [0.15, 0.2) is 11.0 Å². The zero-order valence-corrected chi connectivity index (χ0v) is 17.0. The minimum absolute atomic E-state index is 0.00895. The van der Waals surface area contributed by atoms with Gasteiger partial charge < -0.3 is 10.1 Å². The molecule has 0 saturated heterocycles. The summed E-state index contributed by atoms with van der Waals surface area (Å²) in [6.07, 6.45) is 0. The van der Waals surface area contributed by atoms with E-state index < -0.39 is 22.6 Å². The Kier molecular flexibility index (Phi) is 6.92. The molecule has 0 aliphatic heterocycles. The number of carbonyl (C=O) groups is 2. The van der Waals surface area contributed by atoms with Crippen molar-refractivity contribution in [3.05, 3.63) is 75.9 Å². The van der Waals surface area contributed by atoms with Crippen molar-refractivity contribution in [2.24, 2.45) is 0 Å². The summed E-state index contributed by atoms with van der Waals surface area (Å²) in [5.74, 6) is -1.01. The SMILES string of the molecule is COC(=O)CSc1nnc(CNC(=O)c2ccc([N+](=O)[O-])cc2)n1-c1ccc(F)cc1. The molecule has 0 spiro atoms. The van der Waals surface area contributed by atoms with E-state index in [-0.39, 0.29) is 23.5 Å². The van der Waals surface area contributed by atoms with Crippen LogP contribution in [0.1, 0.15) is 16.2 Å². The first-order chi connectivity index (χ1) is 14.9. The molecule has 1 heterocycles. The highest BCUT2D eigenvalue weighted by atomic mass is 32.2. The summed E-state index contributed by atoms with van der Waals surface area (Å²) in [4.78, 5) is 34.1. The summed E-state index contributed by atoms with van der Waals surface area (Å²) in [6, 6.07) is 10.7. The van der Waals surface area contributed by atoms with Crippen molar-refractivity contribution in [1.82, 2.24) is 20.1 Å². The number of amides is 1. The van der Waals surface area contributed by atoms with Crippen LogP contribution >= 0.6 is 11.8 Å². The second-order valence-corrected chi connectivity index (χ2v) is 7.00. The van der Waals surface area contributed by atoms with Gasteiger partial charge in [-0.05, 0) is 36.4 Å². The zero-order valence-electron chi connectivity index (χ0n) is 16.1. The summed E-state index contributed by atoms with van der Waals surface area (Å²) < 4.78 is 19.6. The summed E-state index contributed by atoms with van der Waals surface area (Å²) in [5.41, 5.74) is 0.650. The molecule has 0 unspecified atom stereocenters. The van der Waals surface area contributed by atoms with Gasteiger partial charge in [-0.1, -0.05) is 11.8 Å². The average molecular weight is 445 g/mol. The zero-order chi connectivity index (χ0) is 22.4. The summed E-state index contributed by atoms with van der Waals surface area (Å²) in [6.45, 7) is -0.0288. The lowest BCUT2D eigenvalue weighted by Crippen LogP contribution is -2.24. The Morgan fingerprint density at radius 1 is 1.16 bits per heavy atom. The molecular weight excluding hydrogens is 429 g/mol. The van der Waals surface area contributed by atoms with Crippen LogP contribution in [0.15, 0.2) is 53.7 Å². The van der Waals surface area contributed by atoms with E-state index in [4.69, 9.17) is 0 Å².